The largest absolute Gasteiger partial charge is 0.354 e. The second-order valence-electron chi connectivity index (χ2n) is 17.6. The highest BCUT2D eigenvalue weighted by Gasteiger charge is 2.28. The molecule has 60 heavy (non-hydrogen) atoms. The first-order chi connectivity index (χ1) is 29.1. The summed E-state index contributed by atoms with van der Waals surface area (Å²) in [5, 5.41) is 4.81. The van der Waals surface area contributed by atoms with E-state index in [2.05, 4.69) is 213 Å². The third-order valence-electron chi connectivity index (χ3n) is 12.6. The SMILES string of the molecule is CC(C)(C)c1ccc2c(c1)c1ccc(-c3cc(C(C)(C)c4ccccc4)cc4c3nc(-c3cccc5c3[nH]c3ccccc35)n4-c3ccccc3)cc1n2-c1ccccn1. The number of nitrogens with one attached hydrogen (secondary N) is 1. The number of para-hydroxylation sites is 3. The van der Waals surface area contributed by atoms with Crippen molar-refractivity contribution in [3.8, 4) is 34.0 Å². The van der Waals surface area contributed by atoms with Crippen molar-refractivity contribution in [1.29, 1.82) is 0 Å². The first-order valence-electron chi connectivity index (χ1n) is 20.8. The summed E-state index contributed by atoms with van der Waals surface area (Å²) in [6, 6.07) is 61.4. The number of aromatic nitrogens is 5. The number of aromatic amines is 1. The van der Waals surface area contributed by atoms with E-state index in [4.69, 9.17) is 9.97 Å². The van der Waals surface area contributed by atoms with E-state index in [9.17, 15) is 0 Å². The van der Waals surface area contributed by atoms with Gasteiger partial charge in [0.2, 0.25) is 0 Å². The van der Waals surface area contributed by atoms with Crippen LogP contribution in [0.5, 0.6) is 0 Å². The molecule has 4 aromatic heterocycles. The summed E-state index contributed by atoms with van der Waals surface area (Å²) in [4.78, 5) is 14.4. The van der Waals surface area contributed by atoms with E-state index in [1.165, 1.54) is 38.2 Å². The van der Waals surface area contributed by atoms with Gasteiger partial charge in [0.25, 0.3) is 0 Å². The van der Waals surface area contributed by atoms with Crippen molar-refractivity contribution in [2.24, 2.45) is 0 Å². The molecule has 5 nitrogen and oxygen atoms in total. The lowest BCUT2D eigenvalue weighted by Crippen LogP contribution is -2.19. The monoisotopic (exact) mass is 775 g/mol. The predicted octanol–water partition coefficient (Wildman–Crippen LogP) is 14.1. The van der Waals surface area contributed by atoms with Crippen LogP contribution in [0.4, 0.5) is 0 Å². The van der Waals surface area contributed by atoms with Crippen molar-refractivity contribution >= 4 is 54.6 Å². The summed E-state index contributed by atoms with van der Waals surface area (Å²) in [5.74, 6) is 1.78. The maximum atomic E-state index is 5.72. The van der Waals surface area contributed by atoms with E-state index in [1.807, 2.05) is 12.3 Å². The molecule has 0 amide bonds. The van der Waals surface area contributed by atoms with Gasteiger partial charge in [0, 0.05) is 55.5 Å². The van der Waals surface area contributed by atoms with Crippen LogP contribution in [0.25, 0.3) is 88.7 Å². The highest BCUT2D eigenvalue weighted by atomic mass is 15.1. The standard InChI is InChI=1S/C55H45N5/c1-54(2,3)37-27-29-47-45(32-37)41-28-26-35(31-48(41)60(47)50-25-14-15-30-56-50)44-33-38(55(4,5)36-17-8-6-9-18-36)34-49-52(44)58-53(59(49)39-19-10-7-11-20-39)43-23-16-22-42-40-21-12-13-24-46(40)57-51(42)43/h6-34,57H,1-5H3. The fraction of sp³-hybridized carbons (Fsp3) is 0.127. The number of nitrogens with zero attached hydrogens (tertiary/aromatic N) is 4. The summed E-state index contributed by atoms with van der Waals surface area (Å²) >= 11 is 0. The van der Waals surface area contributed by atoms with Crippen LogP contribution in [-0.2, 0) is 10.8 Å². The third-order valence-corrected chi connectivity index (χ3v) is 12.6. The molecule has 0 spiro atoms. The van der Waals surface area contributed by atoms with Gasteiger partial charge in [0.05, 0.1) is 27.6 Å². The fourth-order valence-electron chi connectivity index (χ4n) is 9.25. The summed E-state index contributed by atoms with van der Waals surface area (Å²) in [6.07, 6.45) is 1.88. The maximum Gasteiger partial charge on any atom is 0.147 e. The molecular formula is C55H45N5. The Morgan fingerprint density at radius 2 is 1.23 bits per heavy atom. The van der Waals surface area contributed by atoms with Gasteiger partial charge >= 0.3 is 0 Å². The Balaban J connectivity index is 1.25. The maximum absolute atomic E-state index is 5.72. The lowest BCUT2D eigenvalue weighted by Gasteiger charge is -2.27. The summed E-state index contributed by atoms with van der Waals surface area (Å²) in [6.45, 7) is 11.5. The van der Waals surface area contributed by atoms with Gasteiger partial charge in [-0.25, -0.2) is 9.97 Å². The van der Waals surface area contributed by atoms with Crippen molar-refractivity contribution < 1.29 is 0 Å². The van der Waals surface area contributed by atoms with E-state index in [0.717, 1.165) is 67.1 Å². The molecule has 0 bridgehead atoms. The van der Waals surface area contributed by atoms with Gasteiger partial charge in [-0.2, -0.15) is 0 Å². The molecule has 11 aromatic rings. The van der Waals surface area contributed by atoms with Crippen molar-refractivity contribution in [3.05, 3.63) is 193 Å². The van der Waals surface area contributed by atoms with Crippen LogP contribution in [0.15, 0.2) is 176 Å². The predicted molar refractivity (Wildman–Crippen MR) is 251 cm³/mol. The van der Waals surface area contributed by atoms with Gasteiger partial charge in [-0.3, -0.25) is 9.13 Å². The molecule has 11 rings (SSSR count). The topological polar surface area (TPSA) is 51.4 Å². The third kappa shape index (κ3) is 5.60. The molecule has 290 valence electrons. The lowest BCUT2D eigenvalue weighted by atomic mass is 9.77. The summed E-state index contributed by atoms with van der Waals surface area (Å²) < 4.78 is 4.68. The van der Waals surface area contributed by atoms with Gasteiger partial charge in [-0.15, -0.1) is 0 Å². The van der Waals surface area contributed by atoms with Gasteiger partial charge in [-0.1, -0.05) is 138 Å². The molecule has 1 N–H and O–H groups in total. The highest BCUT2D eigenvalue weighted by molar-refractivity contribution is 6.13. The van der Waals surface area contributed by atoms with Crippen LogP contribution in [0.2, 0.25) is 0 Å². The first-order valence-corrected chi connectivity index (χ1v) is 20.8. The number of fused-ring (bicyclic) bond motifs is 7. The number of hydrogen-bond acceptors (Lipinski definition) is 2. The number of imidazole rings is 1. The molecule has 5 heteroatoms. The average molecular weight is 776 g/mol. The fourth-order valence-corrected chi connectivity index (χ4v) is 9.25. The minimum absolute atomic E-state index is 0.0115. The Bertz CT molecular complexity index is 3420. The zero-order chi connectivity index (χ0) is 40.8. The zero-order valence-corrected chi connectivity index (χ0v) is 34.5. The number of rotatable bonds is 6. The van der Waals surface area contributed by atoms with Crippen LogP contribution in [-0.4, -0.2) is 24.1 Å². The molecule has 0 aliphatic rings. The smallest absolute Gasteiger partial charge is 0.147 e. The summed E-state index contributed by atoms with van der Waals surface area (Å²) in [7, 11) is 0. The molecule has 0 aliphatic carbocycles. The average Bonchev–Trinajstić information content (AvgIpc) is 3.96. The number of pyridine rings is 1. The molecule has 0 saturated carbocycles. The molecule has 4 heterocycles. The van der Waals surface area contributed by atoms with E-state index in [1.54, 1.807) is 0 Å². The van der Waals surface area contributed by atoms with E-state index >= 15 is 0 Å². The molecule has 0 radical (unpaired) electrons. The molecule has 0 aliphatic heterocycles. The lowest BCUT2D eigenvalue weighted by molar-refractivity contribution is 0.591. The highest BCUT2D eigenvalue weighted by Crippen LogP contribution is 2.44. The number of hydrogen-bond donors (Lipinski definition) is 1. The number of H-pyrrole nitrogens is 1. The zero-order valence-electron chi connectivity index (χ0n) is 34.5. The van der Waals surface area contributed by atoms with E-state index < -0.39 is 0 Å². The Hall–Kier alpha value is -7.24. The molecule has 0 fully saturated rings. The molecule has 0 atom stereocenters. The molecule has 7 aromatic carbocycles. The van der Waals surface area contributed by atoms with Gasteiger partial charge in [0.1, 0.15) is 11.6 Å². The van der Waals surface area contributed by atoms with Gasteiger partial charge in [-0.05, 0) is 94.4 Å². The minimum atomic E-state index is -0.316. The normalized spacial score (nSPS) is 12.4. The van der Waals surface area contributed by atoms with Crippen LogP contribution in [0.1, 0.15) is 51.3 Å². The van der Waals surface area contributed by atoms with Gasteiger partial charge < -0.3 is 4.98 Å². The van der Waals surface area contributed by atoms with Crippen molar-refractivity contribution in [3.63, 3.8) is 0 Å². The summed E-state index contributed by atoms with van der Waals surface area (Å²) in [5.41, 5.74) is 14.2. The Kier molecular flexibility index (Phi) is 8.01. The molecule has 0 unspecified atom stereocenters. The van der Waals surface area contributed by atoms with Crippen LogP contribution in [0, 0.1) is 0 Å². The Labute approximate surface area is 349 Å². The van der Waals surface area contributed by atoms with E-state index in [-0.39, 0.29) is 10.8 Å². The van der Waals surface area contributed by atoms with E-state index in [0.29, 0.717) is 0 Å². The van der Waals surface area contributed by atoms with Crippen molar-refractivity contribution in [2.45, 2.75) is 45.4 Å². The van der Waals surface area contributed by atoms with Crippen molar-refractivity contribution in [2.75, 3.05) is 0 Å². The Morgan fingerprint density at radius 1 is 0.483 bits per heavy atom. The van der Waals surface area contributed by atoms with Crippen molar-refractivity contribution in [1.82, 2.24) is 24.1 Å². The minimum Gasteiger partial charge on any atom is -0.354 e. The second kappa shape index (κ2) is 13.4. The molecule has 0 saturated heterocycles. The van der Waals surface area contributed by atoms with Crippen LogP contribution in [0.3, 0.4) is 0 Å². The second-order valence-corrected chi connectivity index (χ2v) is 17.6. The van der Waals surface area contributed by atoms with Gasteiger partial charge in [0.15, 0.2) is 0 Å². The van der Waals surface area contributed by atoms with Crippen LogP contribution < -0.4 is 0 Å². The molecular weight excluding hydrogens is 731 g/mol. The number of benzene rings is 7. The first kappa shape index (κ1) is 35.9. The Morgan fingerprint density at radius 3 is 2.02 bits per heavy atom. The quantitative estimate of drug-likeness (QED) is 0.183. The van der Waals surface area contributed by atoms with Crippen LogP contribution >= 0.6 is 0 Å².